The lowest BCUT2D eigenvalue weighted by atomic mass is 9.85. The summed E-state index contributed by atoms with van der Waals surface area (Å²) in [6.45, 7) is 4.16. The first-order valence-electron chi connectivity index (χ1n) is 6.63. The average Bonchev–Trinajstić information content (AvgIpc) is 2.28. The van der Waals surface area contributed by atoms with Gasteiger partial charge in [0.2, 0.25) is 5.91 Å². The molecule has 1 fully saturated rings. The van der Waals surface area contributed by atoms with Gasteiger partial charge in [-0.2, -0.15) is 0 Å². The van der Waals surface area contributed by atoms with E-state index >= 15 is 0 Å². The van der Waals surface area contributed by atoms with E-state index in [0.717, 1.165) is 12.8 Å². The van der Waals surface area contributed by atoms with Crippen LogP contribution >= 0.6 is 0 Å². The van der Waals surface area contributed by atoms with E-state index in [1.54, 1.807) is 0 Å². The van der Waals surface area contributed by atoms with Gasteiger partial charge in [0.25, 0.3) is 5.09 Å². The van der Waals surface area contributed by atoms with Crippen molar-refractivity contribution in [3.63, 3.8) is 0 Å². The zero-order chi connectivity index (χ0) is 14.5. The summed E-state index contributed by atoms with van der Waals surface area (Å²) in [7, 11) is 0. The van der Waals surface area contributed by atoms with E-state index in [9.17, 15) is 14.9 Å². The van der Waals surface area contributed by atoms with Gasteiger partial charge in [0.1, 0.15) is 6.10 Å². The molecule has 0 spiro atoms. The molecule has 1 aliphatic rings. The van der Waals surface area contributed by atoms with Gasteiger partial charge in [-0.1, -0.05) is 0 Å². The second-order valence-corrected chi connectivity index (χ2v) is 5.94. The second-order valence-electron chi connectivity index (χ2n) is 5.94. The summed E-state index contributed by atoms with van der Waals surface area (Å²) in [6, 6.07) is 0. The van der Waals surface area contributed by atoms with Crippen molar-refractivity contribution in [1.29, 1.82) is 0 Å². The lowest BCUT2D eigenvalue weighted by molar-refractivity contribution is -0.769. The zero-order valence-corrected chi connectivity index (χ0v) is 11.6. The molecule has 110 valence electrons. The lowest BCUT2D eigenvalue weighted by Crippen LogP contribution is -2.45. The van der Waals surface area contributed by atoms with Crippen LogP contribution in [0.2, 0.25) is 0 Å². The molecule has 0 aromatic carbocycles. The molecule has 0 unspecified atom stereocenters. The summed E-state index contributed by atoms with van der Waals surface area (Å²) in [5.74, 6) is 0.282. The number of carbonyl (C=O) groups excluding carboxylic acids is 1. The van der Waals surface area contributed by atoms with Crippen LogP contribution in [-0.4, -0.2) is 29.2 Å². The van der Waals surface area contributed by atoms with Crippen molar-refractivity contribution in [1.82, 2.24) is 5.32 Å². The fourth-order valence-electron chi connectivity index (χ4n) is 2.22. The summed E-state index contributed by atoms with van der Waals surface area (Å²) < 4.78 is 0. The Bertz CT molecular complexity index is 319. The van der Waals surface area contributed by atoms with Crippen molar-refractivity contribution in [2.75, 3.05) is 6.54 Å². The Morgan fingerprint density at radius 2 is 2.00 bits per heavy atom. The molecule has 0 bridgehead atoms. The topological polar surface area (TPSA) is 107 Å². The monoisotopic (exact) mass is 273 g/mol. The first-order valence-corrected chi connectivity index (χ1v) is 6.63. The summed E-state index contributed by atoms with van der Waals surface area (Å²) in [6.07, 6.45) is 3.01. The SMILES string of the molecule is CC(C)(N)CNC(=O)CC1CCC(O[N+](=O)[O-])CC1. The van der Waals surface area contributed by atoms with Crippen LogP contribution in [0.15, 0.2) is 0 Å². The van der Waals surface area contributed by atoms with Crippen molar-refractivity contribution >= 4 is 5.91 Å². The molecule has 1 rings (SSSR count). The smallest absolute Gasteiger partial charge is 0.294 e. The lowest BCUT2D eigenvalue weighted by Gasteiger charge is -2.27. The maximum Gasteiger partial charge on any atom is 0.294 e. The van der Waals surface area contributed by atoms with Crippen molar-refractivity contribution in [3.05, 3.63) is 10.1 Å². The minimum atomic E-state index is -0.735. The summed E-state index contributed by atoms with van der Waals surface area (Å²) in [5.41, 5.74) is 5.38. The van der Waals surface area contributed by atoms with Gasteiger partial charge < -0.3 is 15.9 Å². The Morgan fingerprint density at radius 3 is 2.47 bits per heavy atom. The van der Waals surface area contributed by atoms with E-state index in [2.05, 4.69) is 10.2 Å². The molecule has 19 heavy (non-hydrogen) atoms. The van der Waals surface area contributed by atoms with Gasteiger partial charge in [0.05, 0.1) is 0 Å². The second kappa shape index (κ2) is 6.70. The van der Waals surface area contributed by atoms with Gasteiger partial charge in [-0.25, -0.2) is 0 Å². The molecule has 1 amide bonds. The van der Waals surface area contributed by atoms with E-state index in [1.165, 1.54) is 0 Å². The number of hydrogen-bond acceptors (Lipinski definition) is 5. The number of nitrogens with one attached hydrogen (secondary N) is 1. The van der Waals surface area contributed by atoms with E-state index in [0.29, 0.717) is 25.8 Å². The fourth-order valence-corrected chi connectivity index (χ4v) is 2.22. The number of rotatable bonds is 6. The van der Waals surface area contributed by atoms with E-state index < -0.39 is 10.6 Å². The highest BCUT2D eigenvalue weighted by Gasteiger charge is 2.25. The van der Waals surface area contributed by atoms with Crippen LogP contribution in [0, 0.1) is 16.0 Å². The average molecular weight is 273 g/mol. The fraction of sp³-hybridized carbons (Fsp3) is 0.917. The van der Waals surface area contributed by atoms with Gasteiger partial charge in [0.15, 0.2) is 0 Å². The maximum absolute atomic E-state index is 11.7. The van der Waals surface area contributed by atoms with Gasteiger partial charge in [0, 0.05) is 18.5 Å². The largest absolute Gasteiger partial charge is 0.354 e. The van der Waals surface area contributed by atoms with E-state index in [-0.39, 0.29) is 17.9 Å². The quantitative estimate of drug-likeness (QED) is 0.554. The first kappa shape index (κ1) is 15.7. The Balaban J connectivity index is 2.21. The maximum atomic E-state index is 11.7. The third-order valence-corrected chi connectivity index (χ3v) is 3.24. The standard InChI is InChI=1S/C12H23N3O4/c1-12(2,13)8-14-11(16)7-9-3-5-10(6-4-9)19-15(17)18/h9-10H,3-8,13H2,1-2H3,(H,14,16). The highest BCUT2D eigenvalue weighted by atomic mass is 17.0. The molecule has 1 aliphatic carbocycles. The van der Waals surface area contributed by atoms with E-state index in [1.807, 2.05) is 13.8 Å². The van der Waals surface area contributed by atoms with Gasteiger partial charge in [-0.3, -0.25) is 4.79 Å². The summed E-state index contributed by atoms with van der Waals surface area (Å²) in [4.78, 5) is 26.5. The molecule has 0 atom stereocenters. The number of hydrogen-bond donors (Lipinski definition) is 2. The number of carbonyl (C=O) groups is 1. The predicted octanol–water partition coefficient (Wildman–Crippen LogP) is 0.997. The third kappa shape index (κ3) is 6.95. The number of nitrogens with two attached hydrogens (primary N) is 1. The molecule has 3 N–H and O–H groups in total. The van der Waals surface area contributed by atoms with E-state index in [4.69, 9.17) is 5.73 Å². The van der Waals surface area contributed by atoms with Crippen LogP contribution < -0.4 is 11.1 Å². The summed E-state index contributed by atoms with van der Waals surface area (Å²) >= 11 is 0. The molecular formula is C12H23N3O4. The first-order chi connectivity index (χ1) is 8.76. The highest BCUT2D eigenvalue weighted by Crippen LogP contribution is 2.28. The number of amides is 1. The Labute approximate surface area is 113 Å². The van der Waals surface area contributed by atoms with Crippen LogP contribution in [0.4, 0.5) is 0 Å². The Hall–Kier alpha value is -1.37. The van der Waals surface area contributed by atoms with Gasteiger partial charge in [-0.05, 0) is 45.4 Å². The Morgan fingerprint density at radius 1 is 1.42 bits per heavy atom. The molecule has 0 aromatic rings. The molecule has 0 aliphatic heterocycles. The van der Waals surface area contributed by atoms with Crippen molar-refractivity contribution in [2.45, 2.75) is 57.6 Å². The number of nitrogens with zero attached hydrogens (tertiary/aromatic N) is 1. The van der Waals surface area contributed by atoms with Crippen LogP contribution in [0.5, 0.6) is 0 Å². The van der Waals surface area contributed by atoms with Crippen LogP contribution in [0.1, 0.15) is 46.0 Å². The molecule has 0 saturated heterocycles. The predicted molar refractivity (Wildman–Crippen MR) is 69.7 cm³/mol. The van der Waals surface area contributed by atoms with Crippen LogP contribution in [0.25, 0.3) is 0 Å². The Kier molecular flexibility index (Phi) is 5.53. The molecule has 0 radical (unpaired) electrons. The van der Waals surface area contributed by atoms with Crippen molar-refractivity contribution in [2.24, 2.45) is 11.7 Å². The van der Waals surface area contributed by atoms with Gasteiger partial charge >= 0.3 is 0 Å². The van der Waals surface area contributed by atoms with Crippen LogP contribution in [0.3, 0.4) is 0 Å². The zero-order valence-electron chi connectivity index (χ0n) is 11.6. The molecular weight excluding hydrogens is 250 g/mol. The molecule has 0 heterocycles. The molecule has 0 aromatic heterocycles. The molecule has 1 saturated carbocycles. The molecule has 7 heteroatoms. The third-order valence-electron chi connectivity index (χ3n) is 3.24. The minimum absolute atomic E-state index is 0.00262. The van der Waals surface area contributed by atoms with Gasteiger partial charge in [-0.15, -0.1) is 10.1 Å². The van der Waals surface area contributed by atoms with Crippen molar-refractivity contribution in [3.8, 4) is 0 Å². The normalized spacial score (nSPS) is 23.7. The minimum Gasteiger partial charge on any atom is -0.354 e. The van der Waals surface area contributed by atoms with Crippen LogP contribution in [-0.2, 0) is 9.63 Å². The van der Waals surface area contributed by atoms with Crippen molar-refractivity contribution < 1.29 is 14.7 Å². The highest BCUT2D eigenvalue weighted by molar-refractivity contribution is 5.76. The summed E-state index contributed by atoms with van der Waals surface area (Å²) in [5, 5.41) is 12.3. The molecule has 7 nitrogen and oxygen atoms in total.